The van der Waals surface area contributed by atoms with Gasteiger partial charge in [0.15, 0.2) is 15.8 Å². The molecule has 1 fully saturated rings. The maximum absolute atomic E-state index is 12.2. The second kappa shape index (κ2) is 7.26. The first kappa shape index (κ1) is 20.2. The molecule has 1 aromatic heterocycles. The van der Waals surface area contributed by atoms with Gasteiger partial charge in [0.05, 0.1) is 33.1 Å². The molecular weight excluding hydrogens is 401 g/mol. The highest BCUT2D eigenvalue weighted by molar-refractivity contribution is 7.90. The molecule has 0 saturated heterocycles. The van der Waals surface area contributed by atoms with Crippen molar-refractivity contribution in [3.63, 3.8) is 0 Å². The number of nitrogens with zero attached hydrogens (tertiary/aromatic N) is 2. The maximum Gasteiger partial charge on any atom is 0.261 e. The van der Waals surface area contributed by atoms with Gasteiger partial charge in [0, 0.05) is 12.2 Å². The van der Waals surface area contributed by atoms with Crippen LogP contribution in [0.15, 0.2) is 29.3 Å². The molecule has 0 radical (unpaired) electrons. The molecule has 2 aromatic rings. The highest BCUT2D eigenvalue weighted by Crippen LogP contribution is 2.43. The third-order valence-electron chi connectivity index (χ3n) is 3.84. The highest BCUT2D eigenvalue weighted by atomic mass is 35.5. The summed E-state index contributed by atoms with van der Waals surface area (Å²) in [6, 6.07) is 4.37. The number of sulfone groups is 1. The van der Waals surface area contributed by atoms with Gasteiger partial charge in [-0.2, -0.15) is 5.10 Å². The molecule has 1 amide bonds. The molecule has 1 aliphatic carbocycles. The molecule has 1 aromatic carbocycles. The summed E-state index contributed by atoms with van der Waals surface area (Å²) in [5, 5.41) is 13.9. The van der Waals surface area contributed by atoms with E-state index in [-0.39, 0.29) is 28.2 Å². The number of hydrogen-bond donors (Lipinski definition) is 3. The van der Waals surface area contributed by atoms with Gasteiger partial charge in [-0.15, -0.1) is 12.4 Å². The second-order valence-corrected chi connectivity index (χ2v) is 8.31. The minimum absolute atomic E-state index is 0. The van der Waals surface area contributed by atoms with Gasteiger partial charge < -0.3 is 5.73 Å². The van der Waals surface area contributed by atoms with Crippen LogP contribution in [-0.2, 0) is 9.84 Å². The predicted octanol–water partition coefficient (Wildman–Crippen LogP) is 1.85. The number of nitrogens with two attached hydrogens (primary N) is 1. The largest absolute Gasteiger partial charge is 0.370 e. The molecule has 1 aliphatic rings. The second-order valence-electron chi connectivity index (χ2n) is 5.88. The van der Waals surface area contributed by atoms with Crippen LogP contribution < -0.4 is 11.1 Å². The maximum atomic E-state index is 12.2. The Morgan fingerprint density at radius 3 is 2.58 bits per heavy atom. The SMILES string of the molecule is CS(=O)(=O)c1ccc(-n2ncc(C(=O)NC(=N)N)c2C2CC2)c(Cl)c1.Cl. The van der Waals surface area contributed by atoms with Crippen LogP contribution in [-0.4, -0.2) is 36.3 Å². The Hall–Kier alpha value is -2.10. The average molecular weight is 418 g/mol. The zero-order chi connectivity index (χ0) is 18.4. The molecule has 140 valence electrons. The first-order chi connectivity index (χ1) is 11.7. The molecule has 0 bridgehead atoms. The van der Waals surface area contributed by atoms with E-state index in [4.69, 9.17) is 22.7 Å². The normalized spacial score (nSPS) is 13.8. The number of rotatable bonds is 4. The Morgan fingerprint density at radius 2 is 2.08 bits per heavy atom. The number of halogens is 2. The van der Waals surface area contributed by atoms with E-state index >= 15 is 0 Å². The Balaban J connectivity index is 0.00000243. The molecule has 26 heavy (non-hydrogen) atoms. The van der Waals surface area contributed by atoms with Crippen LogP contribution >= 0.6 is 24.0 Å². The summed E-state index contributed by atoms with van der Waals surface area (Å²) in [5.74, 6) is -0.805. The van der Waals surface area contributed by atoms with Gasteiger partial charge in [-0.1, -0.05) is 11.6 Å². The van der Waals surface area contributed by atoms with Crippen molar-refractivity contribution in [2.45, 2.75) is 23.7 Å². The first-order valence-electron chi connectivity index (χ1n) is 7.41. The summed E-state index contributed by atoms with van der Waals surface area (Å²) in [5.41, 5.74) is 6.70. The number of amides is 1. The van der Waals surface area contributed by atoms with Crippen LogP contribution in [0.1, 0.15) is 34.8 Å². The lowest BCUT2D eigenvalue weighted by molar-refractivity contribution is 0.0975. The van der Waals surface area contributed by atoms with E-state index in [9.17, 15) is 13.2 Å². The zero-order valence-electron chi connectivity index (χ0n) is 13.7. The highest BCUT2D eigenvalue weighted by Gasteiger charge is 2.33. The van der Waals surface area contributed by atoms with Crippen LogP contribution in [0, 0.1) is 5.41 Å². The van der Waals surface area contributed by atoms with E-state index in [1.165, 1.54) is 18.3 Å². The van der Waals surface area contributed by atoms with E-state index in [2.05, 4.69) is 10.4 Å². The summed E-state index contributed by atoms with van der Waals surface area (Å²) in [6.07, 6.45) is 4.31. The van der Waals surface area contributed by atoms with Gasteiger partial charge in [-0.05, 0) is 31.0 Å². The van der Waals surface area contributed by atoms with E-state index in [1.807, 2.05) is 0 Å². The fourth-order valence-electron chi connectivity index (χ4n) is 2.55. The summed E-state index contributed by atoms with van der Waals surface area (Å²) in [7, 11) is -3.38. The van der Waals surface area contributed by atoms with Gasteiger partial charge in [0.2, 0.25) is 0 Å². The summed E-state index contributed by atoms with van der Waals surface area (Å²) in [4.78, 5) is 12.3. The summed E-state index contributed by atoms with van der Waals surface area (Å²) < 4.78 is 24.8. The van der Waals surface area contributed by atoms with Crippen LogP contribution in [0.4, 0.5) is 0 Å². The summed E-state index contributed by atoms with van der Waals surface area (Å²) >= 11 is 6.26. The Labute approximate surface area is 161 Å². The van der Waals surface area contributed by atoms with Crippen LogP contribution in [0.25, 0.3) is 5.69 Å². The lowest BCUT2D eigenvalue weighted by atomic mass is 10.1. The van der Waals surface area contributed by atoms with Gasteiger partial charge >= 0.3 is 0 Å². The zero-order valence-corrected chi connectivity index (χ0v) is 16.1. The minimum atomic E-state index is -3.38. The number of carbonyl (C=O) groups excluding carboxylic acids is 1. The number of aromatic nitrogens is 2. The standard InChI is InChI=1S/C15H16ClN5O3S.ClH/c1-25(23,24)9-4-5-12(11(16)6-9)21-13(8-2-3-8)10(7-19-21)14(22)20-15(17)18;/h4-8H,2-3H2,1H3,(H4,17,18,20,22);1H. The molecule has 11 heteroatoms. The van der Waals surface area contributed by atoms with Crippen molar-refractivity contribution in [2.24, 2.45) is 5.73 Å². The van der Waals surface area contributed by atoms with Crippen molar-refractivity contribution < 1.29 is 13.2 Å². The van der Waals surface area contributed by atoms with Crippen molar-refractivity contribution in [3.05, 3.63) is 40.7 Å². The van der Waals surface area contributed by atoms with Gasteiger partial charge in [0.1, 0.15) is 0 Å². The monoisotopic (exact) mass is 417 g/mol. The third-order valence-corrected chi connectivity index (χ3v) is 5.25. The topological polar surface area (TPSA) is 131 Å². The van der Waals surface area contributed by atoms with Gasteiger partial charge in [-0.3, -0.25) is 15.5 Å². The quantitative estimate of drug-likeness (QED) is 0.515. The van der Waals surface area contributed by atoms with Crippen molar-refractivity contribution >= 4 is 45.7 Å². The number of benzene rings is 1. The van der Waals surface area contributed by atoms with Crippen molar-refractivity contribution in [3.8, 4) is 5.69 Å². The van der Waals surface area contributed by atoms with Crippen LogP contribution in [0.5, 0.6) is 0 Å². The van der Waals surface area contributed by atoms with Gasteiger partial charge in [0.25, 0.3) is 5.91 Å². The Morgan fingerprint density at radius 1 is 1.42 bits per heavy atom. The minimum Gasteiger partial charge on any atom is -0.370 e. The van der Waals surface area contributed by atoms with Crippen molar-refractivity contribution in [2.75, 3.05) is 6.26 Å². The molecule has 0 spiro atoms. The fourth-order valence-corrected chi connectivity index (χ4v) is 3.53. The molecule has 1 heterocycles. The molecule has 1 saturated carbocycles. The van der Waals surface area contributed by atoms with Crippen LogP contribution in [0.3, 0.4) is 0 Å². The number of guanidine groups is 1. The Bertz CT molecular complexity index is 983. The van der Waals surface area contributed by atoms with E-state index < -0.39 is 21.7 Å². The molecule has 4 N–H and O–H groups in total. The molecule has 0 aliphatic heterocycles. The van der Waals surface area contributed by atoms with Crippen LogP contribution in [0.2, 0.25) is 5.02 Å². The molecule has 3 rings (SSSR count). The van der Waals surface area contributed by atoms with E-state index in [0.29, 0.717) is 16.9 Å². The number of hydrogen-bond acceptors (Lipinski definition) is 5. The average Bonchev–Trinajstić information content (AvgIpc) is 3.24. The van der Waals surface area contributed by atoms with E-state index in [1.54, 1.807) is 10.7 Å². The smallest absolute Gasteiger partial charge is 0.261 e. The number of carbonyl (C=O) groups is 1. The van der Waals surface area contributed by atoms with Crippen molar-refractivity contribution in [1.82, 2.24) is 15.1 Å². The molecule has 8 nitrogen and oxygen atoms in total. The Kier molecular flexibility index (Phi) is 5.64. The van der Waals surface area contributed by atoms with Crippen molar-refractivity contribution in [1.29, 1.82) is 5.41 Å². The predicted molar refractivity (Wildman–Crippen MR) is 100 cm³/mol. The summed E-state index contributed by atoms with van der Waals surface area (Å²) in [6.45, 7) is 0. The fraction of sp³-hybridized carbons (Fsp3) is 0.267. The molecular formula is C15H17Cl2N5O3S. The number of nitrogens with one attached hydrogen (secondary N) is 2. The van der Waals surface area contributed by atoms with E-state index in [0.717, 1.165) is 19.1 Å². The van der Waals surface area contributed by atoms with Gasteiger partial charge in [-0.25, -0.2) is 13.1 Å². The first-order valence-corrected chi connectivity index (χ1v) is 9.68. The molecule has 0 atom stereocenters. The lowest BCUT2D eigenvalue weighted by Crippen LogP contribution is -2.36. The third kappa shape index (κ3) is 4.00. The molecule has 0 unspecified atom stereocenters. The lowest BCUT2D eigenvalue weighted by Gasteiger charge is -2.11.